The van der Waals surface area contributed by atoms with Gasteiger partial charge in [0.1, 0.15) is 11.9 Å². The minimum Gasteiger partial charge on any atom is -0.332 e. The van der Waals surface area contributed by atoms with E-state index >= 15 is 0 Å². The highest BCUT2D eigenvalue weighted by Crippen LogP contribution is 2.34. The van der Waals surface area contributed by atoms with E-state index in [0.29, 0.717) is 5.69 Å². The van der Waals surface area contributed by atoms with Crippen molar-refractivity contribution in [1.82, 2.24) is 4.90 Å². The average Bonchev–Trinajstić information content (AvgIpc) is 3.04. The van der Waals surface area contributed by atoms with E-state index in [1.54, 1.807) is 12.1 Å². The molecule has 2 amide bonds. The van der Waals surface area contributed by atoms with Crippen LogP contribution in [0.15, 0.2) is 78.9 Å². The zero-order valence-corrected chi connectivity index (χ0v) is 18.9. The van der Waals surface area contributed by atoms with Crippen LogP contribution < -0.4 is 10.2 Å². The van der Waals surface area contributed by atoms with Crippen molar-refractivity contribution in [3.63, 3.8) is 0 Å². The topological polar surface area (TPSA) is 52.7 Å². The number of rotatable bonds is 6. The summed E-state index contributed by atoms with van der Waals surface area (Å²) in [7, 11) is 0. The Labute approximate surface area is 204 Å². The van der Waals surface area contributed by atoms with Crippen molar-refractivity contribution >= 4 is 40.5 Å². The molecule has 4 rings (SSSR count). The summed E-state index contributed by atoms with van der Waals surface area (Å²) < 4.78 is 53.0. The predicted octanol–water partition coefficient (Wildman–Crippen LogP) is 5.38. The zero-order valence-electron chi connectivity index (χ0n) is 18.1. The predicted molar refractivity (Wildman–Crippen MR) is 127 cm³/mol. The van der Waals surface area contributed by atoms with Gasteiger partial charge in [-0.05, 0) is 60.2 Å². The third-order valence-electron chi connectivity index (χ3n) is 5.45. The lowest BCUT2D eigenvalue weighted by Crippen LogP contribution is -2.37. The van der Waals surface area contributed by atoms with Crippen LogP contribution in [0.5, 0.6) is 0 Å². The minimum absolute atomic E-state index is 0.00207. The van der Waals surface area contributed by atoms with Gasteiger partial charge in [-0.2, -0.15) is 13.2 Å². The van der Waals surface area contributed by atoms with Crippen LogP contribution >= 0.6 is 12.2 Å². The largest absolute Gasteiger partial charge is 0.416 e. The number of alkyl halides is 3. The Kier molecular flexibility index (Phi) is 6.83. The number of carbonyl (C=O) groups excluding carboxylic acids is 2. The number of benzene rings is 3. The number of nitrogens with one attached hydrogen (secondary N) is 1. The van der Waals surface area contributed by atoms with E-state index in [4.69, 9.17) is 12.2 Å². The second kappa shape index (κ2) is 9.83. The summed E-state index contributed by atoms with van der Waals surface area (Å²) in [5.74, 6) is -1.61. The van der Waals surface area contributed by atoms with Gasteiger partial charge in [0.05, 0.1) is 17.7 Å². The molecule has 0 aromatic heterocycles. The summed E-state index contributed by atoms with van der Waals surface area (Å²) in [5, 5.41) is 2.60. The normalized spacial score (nSPS) is 16.1. The lowest BCUT2D eigenvalue weighted by molar-refractivity contribution is -0.137. The highest BCUT2D eigenvalue weighted by Gasteiger charge is 2.44. The molecular weight excluding hydrogens is 482 g/mol. The fraction of sp³-hybridized carbons (Fsp3) is 0.160. The summed E-state index contributed by atoms with van der Waals surface area (Å²) in [6.07, 6.45) is -4.91. The molecule has 180 valence electrons. The first-order chi connectivity index (χ1) is 16.6. The maximum absolute atomic E-state index is 13.4. The van der Waals surface area contributed by atoms with Gasteiger partial charge in [-0.1, -0.05) is 36.4 Å². The first kappa shape index (κ1) is 24.3. The Morgan fingerprint density at radius 2 is 1.66 bits per heavy atom. The monoisotopic (exact) mass is 501 g/mol. The van der Waals surface area contributed by atoms with Crippen LogP contribution in [0.2, 0.25) is 0 Å². The standard InChI is InChI=1S/C25H19F4N3O2S/c26-18-9-11-19(12-10-18)30-22(33)14-21-23(34)32(20-8-4-7-17(13-20)25(27,28)29)24(35)31(21)15-16-5-2-1-3-6-16/h1-13,21H,14-15H2,(H,30,33). The van der Waals surface area contributed by atoms with E-state index in [2.05, 4.69) is 5.32 Å². The molecule has 1 aliphatic rings. The molecule has 1 atom stereocenters. The number of thiocarbonyl (C=S) groups is 1. The third-order valence-corrected chi connectivity index (χ3v) is 5.87. The molecule has 0 saturated carbocycles. The molecular formula is C25H19F4N3O2S. The maximum Gasteiger partial charge on any atom is 0.416 e. The first-order valence-electron chi connectivity index (χ1n) is 10.5. The SMILES string of the molecule is O=C(CC1C(=O)N(c2cccc(C(F)(F)F)c2)C(=S)N1Cc1ccccc1)Nc1ccc(F)cc1. The Hall–Kier alpha value is -3.79. The molecule has 0 spiro atoms. The van der Waals surface area contributed by atoms with Gasteiger partial charge in [0, 0.05) is 12.2 Å². The van der Waals surface area contributed by atoms with Crippen LogP contribution in [0.1, 0.15) is 17.5 Å². The van der Waals surface area contributed by atoms with Gasteiger partial charge < -0.3 is 10.2 Å². The van der Waals surface area contributed by atoms with E-state index < -0.39 is 35.4 Å². The second-order valence-electron chi connectivity index (χ2n) is 7.89. The smallest absolute Gasteiger partial charge is 0.332 e. The van der Waals surface area contributed by atoms with Crippen LogP contribution in [0.25, 0.3) is 0 Å². The summed E-state index contributed by atoms with van der Waals surface area (Å²) >= 11 is 5.51. The van der Waals surface area contributed by atoms with Gasteiger partial charge in [0.25, 0.3) is 5.91 Å². The van der Waals surface area contributed by atoms with Gasteiger partial charge in [-0.3, -0.25) is 14.5 Å². The van der Waals surface area contributed by atoms with Crippen LogP contribution in [0, 0.1) is 5.82 Å². The number of carbonyl (C=O) groups is 2. The molecule has 5 nitrogen and oxygen atoms in total. The maximum atomic E-state index is 13.4. The average molecular weight is 502 g/mol. The van der Waals surface area contributed by atoms with Crippen molar-refractivity contribution in [2.45, 2.75) is 25.2 Å². The van der Waals surface area contributed by atoms with E-state index in [1.165, 1.54) is 41.3 Å². The molecule has 1 heterocycles. The van der Waals surface area contributed by atoms with E-state index in [-0.39, 0.29) is 23.8 Å². The molecule has 1 fully saturated rings. The molecule has 0 radical (unpaired) electrons. The molecule has 10 heteroatoms. The lowest BCUT2D eigenvalue weighted by atomic mass is 10.1. The number of hydrogen-bond donors (Lipinski definition) is 1. The molecule has 35 heavy (non-hydrogen) atoms. The van der Waals surface area contributed by atoms with E-state index in [9.17, 15) is 27.2 Å². The fourth-order valence-corrected chi connectivity index (χ4v) is 4.16. The van der Waals surface area contributed by atoms with E-state index in [0.717, 1.165) is 22.6 Å². The molecule has 3 aromatic rings. The fourth-order valence-electron chi connectivity index (χ4n) is 3.77. The lowest BCUT2D eigenvalue weighted by Gasteiger charge is -2.24. The summed E-state index contributed by atoms with van der Waals surface area (Å²) in [6.45, 7) is 0.176. The minimum atomic E-state index is -4.60. The van der Waals surface area contributed by atoms with Crippen molar-refractivity contribution in [2.24, 2.45) is 0 Å². The third kappa shape index (κ3) is 5.48. The number of anilines is 2. The van der Waals surface area contributed by atoms with Crippen molar-refractivity contribution in [1.29, 1.82) is 0 Å². The van der Waals surface area contributed by atoms with Gasteiger partial charge >= 0.3 is 6.18 Å². The number of halogens is 4. The summed E-state index contributed by atoms with van der Waals surface area (Å²) in [6, 6.07) is 17.5. The summed E-state index contributed by atoms with van der Waals surface area (Å²) in [4.78, 5) is 28.7. The van der Waals surface area contributed by atoms with Crippen LogP contribution in [-0.4, -0.2) is 27.9 Å². The highest BCUT2D eigenvalue weighted by molar-refractivity contribution is 7.80. The number of hydrogen-bond acceptors (Lipinski definition) is 3. The van der Waals surface area contributed by atoms with Crippen LogP contribution in [0.3, 0.4) is 0 Å². The molecule has 3 aromatic carbocycles. The van der Waals surface area contributed by atoms with Crippen molar-refractivity contribution in [3.05, 3.63) is 95.8 Å². The van der Waals surface area contributed by atoms with Crippen LogP contribution in [-0.2, 0) is 22.3 Å². The molecule has 1 N–H and O–H groups in total. The Balaban J connectivity index is 1.63. The van der Waals surface area contributed by atoms with Gasteiger partial charge in [0.2, 0.25) is 5.91 Å². The second-order valence-corrected chi connectivity index (χ2v) is 8.26. The van der Waals surface area contributed by atoms with E-state index in [1.807, 2.05) is 18.2 Å². The van der Waals surface area contributed by atoms with Crippen LogP contribution in [0.4, 0.5) is 28.9 Å². The molecule has 1 aliphatic heterocycles. The van der Waals surface area contributed by atoms with Crippen molar-refractivity contribution in [2.75, 3.05) is 10.2 Å². The first-order valence-corrected chi connectivity index (χ1v) is 11.0. The molecule has 1 unspecified atom stereocenters. The zero-order chi connectivity index (χ0) is 25.2. The quantitative estimate of drug-likeness (QED) is 0.364. The molecule has 1 saturated heterocycles. The highest BCUT2D eigenvalue weighted by atomic mass is 32.1. The van der Waals surface area contributed by atoms with Gasteiger partial charge in [-0.25, -0.2) is 4.39 Å². The van der Waals surface area contributed by atoms with Crippen molar-refractivity contribution < 1.29 is 27.2 Å². The number of amides is 2. The van der Waals surface area contributed by atoms with Gasteiger partial charge in [-0.15, -0.1) is 0 Å². The molecule has 0 aliphatic carbocycles. The van der Waals surface area contributed by atoms with Gasteiger partial charge in [0.15, 0.2) is 5.11 Å². The Morgan fingerprint density at radius 1 is 0.971 bits per heavy atom. The molecule has 0 bridgehead atoms. The number of nitrogens with zero attached hydrogens (tertiary/aromatic N) is 2. The summed E-state index contributed by atoms with van der Waals surface area (Å²) in [5.41, 5.74) is 0.193. The van der Waals surface area contributed by atoms with Crippen molar-refractivity contribution in [3.8, 4) is 0 Å². The Morgan fingerprint density at radius 3 is 2.31 bits per heavy atom. The Bertz CT molecular complexity index is 1250.